The highest BCUT2D eigenvalue weighted by Gasteiger charge is 2.36. The van der Waals surface area contributed by atoms with E-state index in [-0.39, 0.29) is 5.41 Å². The molecule has 0 saturated carbocycles. The summed E-state index contributed by atoms with van der Waals surface area (Å²) < 4.78 is 0. The fourth-order valence-corrected chi connectivity index (χ4v) is 11.0. The lowest BCUT2D eigenvalue weighted by atomic mass is 9.81. The molecule has 0 radical (unpaired) electrons. The van der Waals surface area contributed by atoms with E-state index in [2.05, 4.69) is 196 Å². The molecule has 4 heteroatoms. The van der Waals surface area contributed by atoms with Crippen LogP contribution < -0.4 is 0 Å². The van der Waals surface area contributed by atoms with Gasteiger partial charge in [-0.3, -0.25) is 9.97 Å². The van der Waals surface area contributed by atoms with Crippen LogP contribution in [0.2, 0.25) is 0 Å². The van der Waals surface area contributed by atoms with E-state index < -0.39 is 0 Å². The molecular weight excluding hydrogens is 813 g/mol. The molecule has 14 rings (SSSR count). The van der Waals surface area contributed by atoms with Gasteiger partial charge in [0.25, 0.3) is 0 Å². The molecule has 0 saturated heterocycles. The van der Waals surface area contributed by atoms with Crippen molar-refractivity contribution in [1.82, 2.24) is 19.9 Å². The van der Waals surface area contributed by atoms with Crippen LogP contribution in [0.5, 0.6) is 0 Å². The van der Waals surface area contributed by atoms with Crippen LogP contribution in [0.15, 0.2) is 207 Å². The van der Waals surface area contributed by atoms with Crippen LogP contribution in [-0.2, 0) is 5.41 Å². The molecule has 0 spiro atoms. The second-order valence-electron chi connectivity index (χ2n) is 18.6. The second-order valence-corrected chi connectivity index (χ2v) is 18.6. The summed E-state index contributed by atoms with van der Waals surface area (Å²) in [5.74, 6) is 0. The van der Waals surface area contributed by atoms with Gasteiger partial charge in [-0.25, -0.2) is 9.97 Å². The fraction of sp³-hybridized carbons (Fsp3) is 0.0476. The Morgan fingerprint density at radius 3 is 1.37 bits per heavy atom. The Bertz CT molecular complexity index is 4260. The Morgan fingerprint density at radius 2 is 0.761 bits per heavy atom. The highest BCUT2D eigenvalue weighted by Crippen LogP contribution is 2.52. The summed E-state index contributed by atoms with van der Waals surface area (Å²) in [5.41, 5.74) is 17.6. The van der Waals surface area contributed by atoms with Gasteiger partial charge < -0.3 is 0 Å². The third-order valence-corrected chi connectivity index (χ3v) is 14.5. The highest BCUT2D eigenvalue weighted by atomic mass is 14.8. The number of benzene rings is 9. The minimum atomic E-state index is -0.178. The maximum Gasteiger partial charge on any atom is 0.0972 e. The van der Waals surface area contributed by atoms with Crippen molar-refractivity contribution in [3.8, 4) is 55.9 Å². The molecule has 1 aliphatic carbocycles. The van der Waals surface area contributed by atoms with Gasteiger partial charge in [0.1, 0.15) is 0 Å². The number of rotatable bonds is 4. The van der Waals surface area contributed by atoms with Crippen molar-refractivity contribution in [3.05, 3.63) is 218 Å². The molecule has 0 fully saturated rings. The number of hydrogen-bond donors (Lipinski definition) is 0. The first-order valence-electron chi connectivity index (χ1n) is 23.0. The number of fused-ring (bicyclic) bond motifs is 15. The van der Waals surface area contributed by atoms with Crippen molar-refractivity contribution in [2.45, 2.75) is 19.3 Å². The lowest BCUT2D eigenvalue weighted by Crippen LogP contribution is -2.14. The monoisotopic (exact) mass is 852 g/mol. The molecule has 9 aromatic carbocycles. The van der Waals surface area contributed by atoms with Gasteiger partial charge >= 0.3 is 0 Å². The Labute approximate surface area is 386 Å². The van der Waals surface area contributed by atoms with Crippen molar-refractivity contribution in [1.29, 1.82) is 0 Å². The van der Waals surface area contributed by atoms with Crippen molar-refractivity contribution < 1.29 is 0 Å². The summed E-state index contributed by atoms with van der Waals surface area (Å²) in [6, 6.07) is 70.8. The predicted octanol–water partition coefficient (Wildman–Crippen LogP) is 16.3. The number of pyridine rings is 4. The van der Waals surface area contributed by atoms with E-state index in [9.17, 15) is 0 Å². The molecule has 312 valence electrons. The summed E-state index contributed by atoms with van der Waals surface area (Å²) >= 11 is 0. The second kappa shape index (κ2) is 14.2. The van der Waals surface area contributed by atoms with Gasteiger partial charge in [0.15, 0.2) is 0 Å². The van der Waals surface area contributed by atoms with E-state index in [4.69, 9.17) is 19.9 Å². The summed E-state index contributed by atoms with van der Waals surface area (Å²) in [6.45, 7) is 4.76. The minimum Gasteiger partial charge on any atom is -0.254 e. The van der Waals surface area contributed by atoms with Gasteiger partial charge in [-0.15, -0.1) is 0 Å². The van der Waals surface area contributed by atoms with Crippen LogP contribution in [0, 0.1) is 0 Å². The summed E-state index contributed by atoms with van der Waals surface area (Å²) in [5, 5.41) is 12.0. The molecule has 0 atom stereocenters. The van der Waals surface area contributed by atoms with Crippen LogP contribution in [0.25, 0.3) is 132 Å². The van der Waals surface area contributed by atoms with E-state index in [1.54, 1.807) is 0 Å². The third kappa shape index (κ3) is 5.79. The Hall–Kier alpha value is -8.60. The van der Waals surface area contributed by atoms with Gasteiger partial charge in [0.05, 0.1) is 33.5 Å². The van der Waals surface area contributed by atoms with Gasteiger partial charge in [-0.05, 0) is 137 Å². The molecule has 4 nitrogen and oxygen atoms in total. The van der Waals surface area contributed by atoms with E-state index in [1.165, 1.54) is 71.3 Å². The third-order valence-electron chi connectivity index (χ3n) is 14.5. The molecule has 0 unspecified atom stereocenters. The summed E-state index contributed by atoms with van der Waals surface area (Å²) in [4.78, 5) is 19.7. The molecule has 13 aromatic rings. The zero-order valence-electron chi connectivity index (χ0n) is 36.9. The molecule has 1 aliphatic rings. The lowest BCUT2D eigenvalue weighted by molar-refractivity contribution is 0.661. The van der Waals surface area contributed by atoms with Crippen molar-refractivity contribution >= 4 is 75.9 Å². The first-order valence-corrected chi connectivity index (χ1v) is 23.0. The molecule has 0 N–H and O–H groups in total. The first-order chi connectivity index (χ1) is 32.9. The normalized spacial score (nSPS) is 13.0. The average Bonchev–Trinajstić information content (AvgIpc) is 3.61. The summed E-state index contributed by atoms with van der Waals surface area (Å²) in [7, 11) is 0. The number of aromatic nitrogens is 4. The van der Waals surface area contributed by atoms with Gasteiger partial charge in [-0.1, -0.05) is 147 Å². The molecule has 0 bridgehead atoms. The molecular formula is C63H40N4. The van der Waals surface area contributed by atoms with Gasteiger partial charge in [0.2, 0.25) is 0 Å². The predicted molar refractivity (Wildman–Crippen MR) is 279 cm³/mol. The standard InChI is InChI=1S/C63H40N4/c1-63(2)55-26-22-44(42-10-6-12-46(32-42)58-28-24-40-20-18-38-14-8-30-65-60(38)62(40)67-58)34-53(55)54-35-51-48-16-4-3-15-47(48)50-33-43(21-25-49(50)52(51)36-56(54)63)41-9-5-11-45(31-41)57-27-23-39-19-17-37-13-7-29-64-59(37)61(39)66-57/h3-36H,1-2H3. The average molecular weight is 853 g/mol. The topological polar surface area (TPSA) is 51.6 Å². The maximum atomic E-state index is 5.17. The summed E-state index contributed by atoms with van der Waals surface area (Å²) in [6.07, 6.45) is 3.69. The first kappa shape index (κ1) is 37.7. The SMILES string of the molecule is CC1(C)c2ccc(-c3cccc(-c4ccc5ccc6cccnc6c5n4)c3)cc2-c2cc3c4ccccc4c4cc(-c5cccc(-c6ccc7ccc8cccnc8c7n6)c5)ccc4c3cc21. The van der Waals surface area contributed by atoms with Crippen LogP contribution in [0.4, 0.5) is 0 Å². The van der Waals surface area contributed by atoms with Gasteiger partial charge in [0, 0.05) is 50.5 Å². The van der Waals surface area contributed by atoms with Crippen LogP contribution in [-0.4, -0.2) is 19.9 Å². The zero-order chi connectivity index (χ0) is 44.4. The number of hydrogen-bond acceptors (Lipinski definition) is 4. The van der Waals surface area contributed by atoms with Gasteiger partial charge in [-0.2, -0.15) is 0 Å². The van der Waals surface area contributed by atoms with Crippen LogP contribution >= 0.6 is 0 Å². The van der Waals surface area contributed by atoms with Crippen molar-refractivity contribution in [2.75, 3.05) is 0 Å². The smallest absolute Gasteiger partial charge is 0.0972 e. The largest absolute Gasteiger partial charge is 0.254 e. The maximum absolute atomic E-state index is 5.17. The molecule has 67 heavy (non-hydrogen) atoms. The zero-order valence-corrected chi connectivity index (χ0v) is 36.9. The highest BCUT2D eigenvalue weighted by molar-refractivity contribution is 6.26. The molecule has 4 heterocycles. The Morgan fingerprint density at radius 1 is 0.299 bits per heavy atom. The Kier molecular flexibility index (Phi) is 8.00. The number of nitrogens with zero attached hydrogens (tertiary/aromatic N) is 4. The van der Waals surface area contributed by atoms with E-state index in [1.807, 2.05) is 24.5 Å². The fourth-order valence-electron chi connectivity index (χ4n) is 11.0. The van der Waals surface area contributed by atoms with Crippen molar-refractivity contribution in [3.63, 3.8) is 0 Å². The molecule has 0 amide bonds. The van der Waals surface area contributed by atoms with E-state index >= 15 is 0 Å². The quantitative estimate of drug-likeness (QED) is 0.166. The van der Waals surface area contributed by atoms with Crippen molar-refractivity contribution in [2.24, 2.45) is 0 Å². The van der Waals surface area contributed by atoms with E-state index in [0.717, 1.165) is 71.7 Å². The van der Waals surface area contributed by atoms with Crippen LogP contribution in [0.1, 0.15) is 25.0 Å². The molecule has 0 aliphatic heterocycles. The lowest BCUT2D eigenvalue weighted by Gasteiger charge is -2.22. The van der Waals surface area contributed by atoms with E-state index in [0.29, 0.717) is 0 Å². The van der Waals surface area contributed by atoms with Crippen LogP contribution in [0.3, 0.4) is 0 Å². The molecule has 4 aromatic heterocycles. The minimum absolute atomic E-state index is 0.178. The Balaban J connectivity index is 0.866.